The van der Waals surface area contributed by atoms with Crippen LogP contribution in [-0.2, 0) is 21.2 Å². The summed E-state index contributed by atoms with van der Waals surface area (Å²) in [6, 6.07) is 20.4. The van der Waals surface area contributed by atoms with E-state index in [0.29, 0.717) is 16.4 Å². The lowest BCUT2D eigenvalue weighted by Gasteiger charge is -2.24. The molecule has 0 fully saturated rings. The fourth-order valence-electron chi connectivity index (χ4n) is 2.99. The van der Waals surface area contributed by atoms with E-state index >= 15 is 0 Å². The Bertz CT molecular complexity index is 1130. The summed E-state index contributed by atoms with van der Waals surface area (Å²) in [5.41, 5.74) is 3.07. The highest BCUT2D eigenvalue weighted by Crippen LogP contribution is 2.25. The summed E-state index contributed by atoms with van der Waals surface area (Å²) >= 11 is 5.90. The molecule has 0 aromatic heterocycles. The van der Waals surface area contributed by atoms with Gasteiger partial charge in [-0.1, -0.05) is 42.8 Å². The Morgan fingerprint density at radius 1 is 1.00 bits per heavy atom. The molecule has 0 aliphatic heterocycles. The molecule has 0 saturated carbocycles. The van der Waals surface area contributed by atoms with E-state index < -0.39 is 15.9 Å². The molecule has 1 amide bonds. The molecular weight excluding hydrogens is 420 g/mol. The maximum atomic E-state index is 13.3. The lowest BCUT2D eigenvalue weighted by Crippen LogP contribution is -2.38. The number of hydrogen-bond donors (Lipinski definition) is 1. The van der Waals surface area contributed by atoms with Gasteiger partial charge in [0.2, 0.25) is 5.91 Å². The standard InChI is InChI=1S/C23H23ClN2O3S/c1-3-18-7-11-20(12-8-18)25-23(27)16-26(21-6-4-5-17(2)15-21)30(28,29)22-13-9-19(24)10-14-22/h4-15H,3,16H2,1-2H3,(H,25,27). The third kappa shape index (κ3) is 5.20. The topological polar surface area (TPSA) is 66.5 Å². The van der Waals surface area contributed by atoms with Crippen molar-refractivity contribution in [3.05, 3.63) is 88.9 Å². The zero-order chi connectivity index (χ0) is 21.7. The summed E-state index contributed by atoms with van der Waals surface area (Å²) in [4.78, 5) is 12.8. The second-order valence-electron chi connectivity index (χ2n) is 6.90. The molecular formula is C23H23ClN2O3S. The van der Waals surface area contributed by atoms with Crippen molar-refractivity contribution in [2.24, 2.45) is 0 Å². The molecule has 0 bridgehead atoms. The number of amides is 1. The van der Waals surface area contributed by atoms with Gasteiger partial charge in [-0.2, -0.15) is 0 Å². The van der Waals surface area contributed by atoms with E-state index in [0.717, 1.165) is 21.9 Å². The molecule has 3 aromatic carbocycles. The molecule has 5 nitrogen and oxygen atoms in total. The molecule has 3 aromatic rings. The smallest absolute Gasteiger partial charge is 0.264 e. The lowest BCUT2D eigenvalue weighted by molar-refractivity contribution is -0.114. The zero-order valence-corrected chi connectivity index (χ0v) is 18.4. The molecule has 0 radical (unpaired) electrons. The van der Waals surface area contributed by atoms with Crippen molar-refractivity contribution in [1.29, 1.82) is 0 Å². The molecule has 7 heteroatoms. The van der Waals surface area contributed by atoms with Crippen molar-refractivity contribution in [2.45, 2.75) is 25.2 Å². The van der Waals surface area contributed by atoms with Gasteiger partial charge in [-0.15, -0.1) is 0 Å². The van der Waals surface area contributed by atoms with Gasteiger partial charge in [0.25, 0.3) is 10.0 Å². The van der Waals surface area contributed by atoms with E-state index in [4.69, 9.17) is 11.6 Å². The number of sulfonamides is 1. The molecule has 0 aliphatic carbocycles. The molecule has 30 heavy (non-hydrogen) atoms. The monoisotopic (exact) mass is 442 g/mol. The Labute approximate surface area is 182 Å². The van der Waals surface area contributed by atoms with Crippen LogP contribution in [0.25, 0.3) is 0 Å². The van der Waals surface area contributed by atoms with Crippen LogP contribution in [0.2, 0.25) is 5.02 Å². The van der Waals surface area contributed by atoms with Crippen molar-refractivity contribution in [2.75, 3.05) is 16.2 Å². The molecule has 0 aliphatic rings. The fraction of sp³-hybridized carbons (Fsp3) is 0.174. The maximum absolute atomic E-state index is 13.3. The summed E-state index contributed by atoms with van der Waals surface area (Å²) in [6.45, 7) is 3.56. The highest BCUT2D eigenvalue weighted by atomic mass is 35.5. The van der Waals surface area contributed by atoms with Crippen LogP contribution in [0.1, 0.15) is 18.1 Å². The molecule has 3 rings (SSSR count). The van der Waals surface area contributed by atoms with Crippen LogP contribution in [0.4, 0.5) is 11.4 Å². The number of nitrogens with one attached hydrogen (secondary N) is 1. The van der Waals surface area contributed by atoms with Gasteiger partial charge in [0.05, 0.1) is 10.6 Å². The number of carbonyl (C=O) groups is 1. The third-order valence-electron chi connectivity index (χ3n) is 4.62. The van der Waals surface area contributed by atoms with Crippen molar-refractivity contribution < 1.29 is 13.2 Å². The molecule has 0 heterocycles. The van der Waals surface area contributed by atoms with Crippen LogP contribution >= 0.6 is 11.6 Å². The first-order valence-corrected chi connectivity index (χ1v) is 11.3. The SMILES string of the molecule is CCc1ccc(NC(=O)CN(c2cccc(C)c2)S(=O)(=O)c2ccc(Cl)cc2)cc1. The normalized spacial score (nSPS) is 11.2. The van der Waals surface area contributed by atoms with E-state index in [9.17, 15) is 13.2 Å². The van der Waals surface area contributed by atoms with Crippen LogP contribution in [0.15, 0.2) is 77.7 Å². The van der Waals surface area contributed by atoms with E-state index in [1.54, 1.807) is 30.3 Å². The minimum atomic E-state index is -3.97. The predicted molar refractivity (Wildman–Crippen MR) is 122 cm³/mol. The third-order valence-corrected chi connectivity index (χ3v) is 6.66. The Morgan fingerprint density at radius 2 is 1.67 bits per heavy atom. The Morgan fingerprint density at radius 3 is 2.27 bits per heavy atom. The summed E-state index contributed by atoms with van der Waals surface area (Å²) in [5.74, 6) is -0.432. The van der Waals surface area contributed by atoms with Crippen LogP contribution < -0.4 is 9.62 Å². The van der Waals surface area contributed by atoms with Crippen molar-refractivity contribution in [3.63, 3.8) is 0 Å². The van der Waals surface area contributed by atoms with Gasteiger partial charge >= 0.3 is 0 Å². The Hall–Kier alpha value is -2.83. The largest absolute Gasteiger partial charge is 0.325 e. The molecule has 0 unspecified atom stereocenters. The van der Waals surface area contributed by atoms with Crippen molar-refractivity contribution in [1.82, 2.24) is 0 Å². The van der Waals surface area contributed by atoms with Gasteiger partial charge in [0, 0.05) is 10.7 Å². The first-order chi connectivity index (χ1) is 14.3. The van der Waals surface area contributed by atoms with Gasteiger partial charge in [0.1, 0.15) is 6.54 Å². The number of halogens is 1. The first kappa shape index (κ1) is 21.9. The first-order valence-electron chi connectivity index (χ1n) is 9.53. The van der Waals surface area contributed by atoms with E-state index in [-0.39, 0.29) is 11.4 Å². The number of aryl methyl sites for hydroxylation is 2. The minimum absolute atomic E-state index is 0.0634. The molecule has 156 valence electrons. The van der Waals surface area contributed by atoms with E-state index in [1.807, 2.05) is 25.1 Å². The van der Waals surface area contributed by atoms with Crippen LogP contribution in [0.3, 0.4) is 0 Å². The van der Waals surface area contributed by atoms with Crippen LogP contribution in [-0.4, -0.2) is 20.9 Å². The summed E-state index contributed by atoms with van der Waals surface area (Å²) in [6.07, 6.45) is 0.898. The number of hydrogen-bond acceptors (Lipinski definition) is 3. The average molecular weight is 443 g/mol. The highest BCUT2D eigenvalue weighted by Gasteiger charge is 2.27. The predicted octanol–water partition coefficient (Wildman–Crippen LogP) is 5.04. The van der Waals surface area contributed by atoms with E-state index in [1.165, 1.54) is 24.3 Å². The zero-order valence-electron chi connectivity index (χ0n) is 16.8. The Kier molecular flexibility index (Phi) is 6.80. The molecule has 1 N–H and O–H groups in total. The molecule has 0 atom stereocenters. The number of nitrogens with zero attached hydrogens (tertiary/aromatic N) is 1. The Balaban J connectivity index is 1.91. The van der Waals surface area contributed by atoms with Crippen molar-refractivity contribution >= 4 is 38.9 Å². The summed E-state index contributed by atoms with van der Waals surface area (Å²) in [5, 5.41) is 3.21. The second-order valence-corrected chi connectivity index (χ2v) is 9.20. The van der Waals surface area contributed by atoms with Crippen LogP contribution in [0.5, 0.6) is 0 Å². The summed E-state index contributed by atoms with van der Waals surface area (Å²) in [7, 11) is -3.97. The van der Waals surface area contributed by atoms with Gasteiger partial charge < -0.3 is 5.32 Å². The number of rotatable bonds is 7. The molecule has 0 saturated heterocycles. The van der Waals surface area contributed by atoms with Crippen molar-refractivity contribution in [3.8, 4) is 0 Å². The molecule has 0 spiro atoms. The van der Waals surface area contributed by atoms with Gasteiger partial charge in [-0.25, -0.2) is 8.42 Å². The average Bonchev–Trinajstić information content (AvgIpc) is 2.73. The van der Waals surface area contributed by atoms with Gasteiger partial charge in [-0.3, -0.25) is 9.10 Å². The highest BCUT2D eigenvalue weighted by molar-refractivity contribution is 7.92. The number of carbonyl (C=O) groups excluding carboxylic acids is 1. The van der Waals surface area contributed by atoms with Gasteiger partial charge in [0.15, 0.2) is 0 Å². The minimum Gasteiger partial charge on any atom is -0.325 e. The van der Waals surface area contributed by atoms with Crippen LogP contribution in [0, 0.1) is 6.92 Å². The van der Waals surface area contributed by atoms with E-state index in [2.05, 4.69) is 12.2 Å². The van der Waals surface area contributed by atoms with Gasteiger partial charge in [-0.05, 0) is 73.0 Å². The number of anilines is 2. The number of benzene rings is 3. The quantitative estimate of drug-likeness (QED) is 0.557. The lowest BCUT2D eigenvalue weighted by atomic mass is 10.1. The summed E-state index contributed by atoms with van der Waals surface area (Å²) < 4.78 is 27.8. The maximum Gasteiger partial charge on any atom is 0.264 e. The second kappa shape index (κ2) is 9.32. The fourth-order valence-corrected chi connectivity index (χ4v) is 4.53.